The summed E-state index contributed by atoms with van der Waals surface area (Å²) in [5.74, 6) is -1.37. The molecule has 0 amide bonds. The molecule has 10 heteroatoms. The van der Waals surface area contributed by atoms with Crippen LogP contribution in [0.2, 0.25) is 0 Å². The van der Waals surface area contributed by atoms with Gasteiger partial charge in [0.2, 0.25) is 0 Å². The molecule has 0 aromatic heterocycles. The fourth-order valence-electron chi connectivity index (χ4n) is 3.71. The van der Waals surface area contributed by atoms with E-state index in [0.29, 0.717) is 16.8 Å². The van der Waals surface area contributed by atoms with E-state index in [2.05, 4.69) is 4.99 Å². The van der Waals surface area contributed by atoms with E-state index in [1.54, 1.807) is 0 Å². The topological polar surface area (TPSA) is 70.9 Å². The summed E-state index contributed by atoms with van der Waals surface area (Å²) in [6, 6.07) is 8.54. The highest BCUT2D eigenvalue weighted by Gasteiger charge is 2.40. The molecule has 2 atom stereocenters. The zero-order valence-corrected chi connectivity index (χ0v) is 16.9. The summed E-state index contributed by atoms with van der Waals surface area (Å²) in [6.45, 7) is 3.91. The molecule has 0 fully saturated rings. The van der Waals surface area contributed by atoms with Crippen molar-refractivity contribution in [3.63, 3.8) is 0 Å². The Kier molecular flexibility index (Phi) is 5.03. The Bertz CT molecular complexity index is 1050. The van der Waals surface area contributed by atoms with E-state index in [1.807, 2.05) is 36.9 Å². The lowest BCUT2D eigenvalue weighted by Crippen LogP contribution is -2.51. The van der Waals surface area contributed by atoms with Gasteiger partial charge in [0.25, 0.3) is 0 Å². The molecule has 2 heterocycles. The Hall–Kier alpha value is -2.56. The third-order valence-electron chi connectivity index (χ3n) is 5.08. The summed E-state index contributed by atoms with van der Waals surface area (Å²) in [5.41, 5.74) is 14.7. The molecule has 2 aliphatic heterocycles. The number of nitrogens with zero attached hydrogens (tertiary/aromatic N) is 3. The molecule has 0 aliphatic carbocycles. The van der Waals surface area contributed by atoms with Crippen molar-refractivity contribution in [2.75, 3.05) is 9.80 Å². The van der Waals surface area contributed by atoms with Gasteiger partial charge in [0.05, 0.1) is 17.6 Å². The van der Waals surface area contributed by atoms with Crippen molar-refractivity contribution in [3.05, 3.63) is 69.6 Å². The van der Waals surface area contributed by atoms with Crippen molar-refractivity contribution in [2.45, 2.75) is 31.7 Å². The van der Waals surface area contributed by atoms with E-state index >= 15 is 0 Å². The minimum Gasteiger partial charge on any atom is -0.314 e. The summed E-state index contributed by atoms with van der Waals surface area (Å²) in [5, 5.41) is 0.626. The summed E-state index contributed by atoms with van der Waals surface area (Å²) < 4.78 is 52.8. The van der Waals surface area contributed by atoms with Crippen molar-refractivity contribution in [3.8, 4) is 0 Å². The van der Waals surface area contributed by atoms with E-state index < -0.39 is 29.2 Å². The molecule has 0 bridgehead atoms. The number of rotatable bonds is 2. The number of nitrogens with two attached hydrogens (primary N) is 2. The molecule has 158 valence electrons. The van der Waals surface area contributed by atoms with Crippen molar-refractivity contribution in [2.24, 2.45) is 16.5 Å². The van der Waals surface area contributed by atoms with Crippen LogP contribution in [0.15, 0.2) is 52.1 Å². The van der Waals surface area contributed by atoms with Crippen LogP contribution in [0.4, 0.5) is 28.9 Å². The van der Waals surface area contributed by atoms with Gasteiger partial charge >= 0.3 is 6.18 Å². The van der Waals surface area contributed by atoms with E-state index in [-0.39, 0.29) is 5.69 Å². The number of hydrogen-bond acceptors (Lipinski definition) is 6. The number of aryl methyl sites for hydroxylation is 2. The fourth-order valence-corrected chi connectivity index (χ4v) is 4.71. The van der Waals surface area contributed by atoms with Crippen molar-refractivity contribution >= 4 is 29.5 Å². The van der Waals surface area contributed by atoms with Gasteiger partial charge in [-0.1, -0.05) is 30.0 Å². The molecule has 4 N–H and O–H groups in total. The smallest absolute Gasteiger partial charge is 0.314 e. The van der Waals surface area contributed by atoms with Gasteiger partial charge in [0, 0.05) is 11.4 Å². The van der Waals surface area contributed by atoms with Crippen molar-refractivity contribution < 1.29 is 17.6 Å². The number of aliphatic imine (C=N–C) groups is 1. The largest absolute Gasteiger partial charge is 0.419 e. The Labute approximate surface area is 175 Å². The third-order valence-corrected chi connectivity index (χ3v) is 6.07. The van der Waals surface area contributed by atoms with Gasteiger partial charge in [-0.15, -0.1) is 0 Å². The molecule has 0 saturated heterocycles. The molecule has 2 aromatic rings. The molecule has 4 rings (SSSR count). The fraction of sp³-hybridized carbons (Fsp3) is 0.250. The summed E-state index contributed by atoms with van der Waals surface area (Å²) in [6.07, 6.45) is -4.20. The van der Waals surface area contributed by atoms with Gasteiger partial charge in [-0.3, -0.25) is 0 Å². The van der Waals surface area contributed by atoms with E-state index in [0.717, 1.165) is 22.9 Å². The summed E-state index contributed by atoms with van der Waals surface area (Å²) >= 11 is 1.34. The van der Waals surface area contributed by atoms with E-state index in [1.165, 1.54) is 29.1 Å². The van der Waals surface area contributed by atoms with Gasteiger partial charge < -0.3 is 21.3 Å². The van der Waals surface area contributed by atoms with Gasteiger partial charge in [-0.05, 0) is 43.2 Å². The Morgan fingerprint density at radius 2 is 1.73 bits per heavy atom. The van der Waals surface area contributed by atoms with Crippen LogP contribution in [0.3, 0.4) is 0 Å². The van der Waals surface area contributed by atoms with Crippen LogP contribution >= 0.6 is 11.8 Å². The maximum atomic E-state index is 14.1. The van der Waals surface area contributed by atoms with Gasteiger partial charge in [-0.2, -0.15) is 13.2 Å². The number of anilines is 2. The highest BCUT2D eigenvalue weighted by molar-refractivity contribution is 8.04. The molecular weight excluding hydrogens is 418 g/mol. The first-order valence-corrected chi connectivity index (χ1v) is 9.94. The quantitative estimate of drug-likeness (QED) is 0.687. The standard InChI is InChI=1S/C20H19F4N5S/c1-10-4-3-5-11(2)15(10)29-16-17(25)28(9-27-18(16)30-19(29)26)12-6-7-13(14(21)8-12)20(22,23)24/h3-9,17,19H,25-26H2,1-2H3. The lowest BCUT2D eigenvalue weighted by atomic mass is 10.1. The number of thioether (sulfide) groups is 1. The highest BCUT2D eigenvalue weighted by atomic mass is 32.2. The Morgan fingerprint density at radius 1 is 1.07 bits per heavy atom. The second kappa shape index (κ2) is 7.29. The van der Waals surface area contributed by atoms with Crippen LogP contribution in [0.25, 0.3) is 0 Å². The van der Waals surface area contributed by atoms with Crippen molar-refractivity contribution in [1.82, 2.24) is 0 Å². The van der Waals surface area contributed by atoms with Crippen LogP contribution in [0, 0.1) is 19.7 Å². The number of hydrogen-bond donors (Lipinski definition) is 2. The van der Waals surface area contributed by atoms with Crippen LogP contribution in [-0.4, -0.2) is 18.0 Å². The average molecular weight is 437 g/mol. The first-order chi connectivity index (χ1) is 14.1. The second-order valence-electron chi connectivity index (χ2n) is 7.07. The number of alkyl halides is 3. The number of benzene rings is 2. The van der Waals surface area contributed by atoms with E-state index in [9.17, 15) is 17.6 Å². The Balaban J connectivity index is 1.73. The maximum Gasteiger partial charge on any atom is 0.419 e. The summed E-state index contributed by atoms with van der Waals surface area (Å²) in [7, 11) is 0. The normalized spacial score (nSPS) is 21.5. The molecule has 2 unspecified atom stereocenters. The minimum atomic E-state index is -4.77. The molecule has 0 saturated carbocycles. The lowest BCUT2D eigenvalue weighted by molar-refractivity contribution is -0.139. The number of para-hydroxylation sites is 1. The predicted octanol–water partition coefficient (Wildman–Crippen LogP) is 4.26. The SMILES string of the molecule is Cc1cccc(C)c1N1C2=C(N=CN(c3ccc(C(F)(F)F)c(F)c3)C2N)SC1N. The molecule has 5 nitrogen and oxygen atoms in total. The van der Waals surface area contributed by atoms with Crippen LogP contribution < -0.4 is 21.3 Å². The summed E-state index contributed by atoms with van der Waals surface area (Å²) in [4.78, 5) is 7.70. The van der Waals surface area contributed by atoms with Gasteiger partial charge in [-0.25, -0.2) is 9.38 Å². The van der Waals surface area contributed by atoms with E-state index in [4.69, 9.17) is 11.5 Å². The molecule has 30 heavy (non-hydrogen) atoms. The molecule has 2 aliphatic rings. The second-order valence-corrected chi connectivity index (χ2v) is 8.17. The van der Waals surface area contributed by atoms with Crippen LogP contribution in [0.1, 0.15) is 16.7 Å². The lowest BCUT2D eigenvalue weighted by Gasteiger charge is -2.37. The minimum absolute atomic E-state index is 0.162. The van der Waals surface area contributed by atoms with Crippen LogP contribution in [0.5, 0.6) is 0 Å². The maximum absolute atomic E-state index is 14.1. The first kappa shape index (κ1) is 20.7. The Morgan fingerprint density at radius 3 is 2.33 bits per heavy atom. The number of halogens is 4. The monoisotopic (exact) mass is 437 g/mol. The predicted molar refractivity (Wildman–Crippen MR) is 111 cm³/mol. The van der Waals surface area contributed by atoms with Gasteiger partial charge in [0.15, 0.2) is 0 Å². The first-order valence-electron chi connectivity index (χ1n) is 9.06. The van der Waals surface area contributed by atoms with Crippen molar-refractivity contribution in [1.29, 1.82) is 0 Å². The third kappa shape index (κ3) is 3.34. The molecule has 0 spiro atoms. The highest BCUT2D eigenvalue weighted by Crippen LogP contribution is 2.45. The molecule has 0 radical (unpaired) electrons. The zero-order valence-electron chi connectivity index (χ0n) is 16.1. The average Bonchev–Trinajstić information content (AvgIpc) is 2.98. The zero-order chi connectivity index (χ0) is 21.8. The molecule has 2 aromatic carbocycles. The molecular formula is C20H19F4N5S. The van der Waals surface area contributed by atoms with Gasteiger partial charge in [0.1, 0.15) is 22.5 Å². The van der Waals surface area contributed by atoms with Crippen LogP contribution in [-0.2, 0) is 6.18 Å².